The summed E-state index contributed by atoms with van der Waals surface area (Å²) in [6.45, 7) is 4.13. The van der Waals surface area contributed by atoms with Gasteiger partial charge in [-0.25, -0.2) is 0 Å². The number of hydrogen-bond donors (Lipinski definition) is 2. The van der Waals surface area contributed by atoms with Crippen LogP contribution in [0.5, 0.6) is 0 Å². The molecular weight excluding hydrogens is 376 g/mol. The fraction of sp³-hybridized carbons (Fsp3) is 0.333. The van der Waals surface area contributed by atoms with E-state index < -0.39 is 0 Å². The Morgan fingerprint density at radius 3 is 2.44 bits per heavy atom. The van der Waals surface area contributed by atoms with Crippen molar-refractivity contribution in [1.29, 1.82) is 0 Å². The topological polar surface area (TPSA) is 58.2 Å². The molecule has 4 nitrogen and oxygen atoms in total. The van der Waals surface area contributed by atoms with Gasteiger partial charge in [-0.05, 0) is 35.4 Å². The SMILES string of the molecule is CC(C)C(=O)Nc1cccc(CNC(=O)c2ccc(C3SCCS3)cc2)c1. The van der Waals surface area contributed by atoms with E-state index in [0.717, 1.165) is 11.3 Å². The number of rotatable bonds is 6. The quantitative estimate of drug-likeness (QED) is 0.739. The summed E-state index contributed by atoms with van der Waals surface area (Å²) in [5, 5.41) is 5.82. The Hall–Kier alpha value is -1.92. The molecule has 0 aliphatic carbocycles. The number of amides is 2. The van der Waals surface area contributed by atoms with Crippen molar-refractivity contribution in [2.45, 2.75) is 25.0 Å². The second kappa shape index (κ2) is 9.33. The fourth-order valence-corrected chi connectivity index (χ4v) is 5.53. The van der Waals surface area contributed by atoms with E-state index in [1.807, 2.05) is 85.9 Å². The highest BCUT2D eigenvalue weighted by Crippen LogP contribution is 2.45. The Balaban J connectivity index is 1.56. The predicted octanol–water partition coefficient (Wildman–Crippen LogP) is 4.69. The Morgan fingerprint density at radius 1 is 1.07 bits per heavy atom. The molecule has 2 aromatic rings. The highest BCUT2D eigenvalue weighted by Gasteiger charge is 2.18. The molecule has 27 heavy (non-hydrogen) atoms. The van der Waals surface area contributed by atoms with E-state index in [1.165, 1.54) is 17.1 Å². The molecule has 0 spiro atoms. The maximum Gasteiger partial charge on any atom is 0.251 e. The van der Waals surface area contributed by atoms with Gasteiger partial charge in [0.05, 0.1) is 4.58 Å². The van der Waals surface area contributed by atoms with Crippen LogP contribution in [0.25, 0.3) is 0 Å². The summed E-state index contributed by atoms with van der Waals surface area (Å²) in [6.07, 6.45) is 0. The van der Waals surface area contributed by atoms with Crippen LogP contribution in [0.2, 0.25) is 0 Å². The summed E-state index contributed by atoms with van der Waals surface area (Å²) in [4.78, 5) is 24.2. The lowest BCUT2D eigenvalue weighted by molar-refractivity contribution is -0.118. The predicted molar refractivity (Wildman–Crippen MR) is 115 cm³/mol. The lowest BCUT2D eigenvalue weighted by atomic mass is 10.1. The van der Waals surface area contributed by atoms with Crippen LogP contribution in [-0.4, -0.2) is 23.3 Å². The molecule has 1 fully saturated rings. The van der Waals surface area contributed by atoms with Crippen LogP contribution in [0.15, 0.2) is 48.5 Å². The second-order valence-electron chi connectivity index (χ2n) is 6.72. The van der Waals surface area contributed by atoms with Gasteiger partial charge < -0.3 is 10.6 Å². The highest BCUT2D eigenvalue weighted by molar-refractivity contribution is 8.19. The Kier molecular flexibility index (Phi) is 6.85. The number of carbonyl (C=O) groups is 2. The van der Waals surface area contributed by atoms with Gasteiger partial charge in [0, 0.05) is 35.2 Å². The van der Waals surface area contributed by atoms with E-state index in [-0.39, 0.29) is 17.7 Å². The molecule has 0 aromatic heterocycles. The van der Waals surface area contributed by atoms with Crippen molar-refractivity contribution < 1.29 is 9.59 Å². The maximum atomic E-state index is 12.4. The molecule has 6 heteroatoms. The van der Waals surface area contributed by atoms with E-state index in [4.69, 9.17) is 0 Å². The monoisotopic (exact) mass is 400 g/mol. The number of nitrogens with one attached hydrogen (secondary N) is 2. The van der Waals surface area contributed by atoms with E-state index in [2.05, 4.69) is 10.6 Å². The molecule has 1 heterocycles. The smallest absolute Gasteiger partial charge is 0.251 e. The number of carbonyl (C=O) groups excluding carboxylic acids is 2. The molecule has 0 unspecified atom stereocenters. The minimum absolute atomic E-state index is 0.0186. The van der Waals surface area contributed by atoms with Crippen LogP contribution in [0.4, 0.5) is 5.69 Å². The zero-order valence-corrected chi connectivity index (χ0v) is 17.2. The Morgan fingerprint density at radius 2 is 1.78 bits per heavy atom. The largest absolute Gasteiger partial charge is 0.348 e. The third kappa shape index (κ3) is 5.53. The molecule has 2 N–H and O–H groups in total. The lowest BCUT2D eigenvalue weighted by Gasteiger charge is -2.11. The molecule has 1 saturated heterocycles. The van der Waals surface area contributed by atoms with Gasteiger partial charge in [0.25, 0.3) is 5.91 Å². The van der Waals surface area contributed by atoms with Gasteiger partial charge in [0.15, 0.2) is 0 Å². The van der Waals surface area contributed by atoms with Crippen LogP contribution < -0.4 is 10.6 Å². The highest BCUT2D eigenvalue weighted by atomic mass is 32.2. The van der Waals surface area contributed by atoms with Crippen molar-refractivity contribution in [3.63, 3.8) is 0 Å². The number of benzene rings is 2. The first-order valence-corrected chi connectivity index (χ1v) is 11.1. The summed E-state index contributed by atoms with van der Waals surface area (Å²) in [5.74, 6) is 2.19. The first-order valence-electron chi connectivity index (χ1n) is 9.04. The summed E-state index contributed by atoms with van der Waals surface area (Å²) >= 11 is 3.91. The summed E-state index contributed by atoms with van der Waals surface area (Å²) in [7, 11) is 0. The van der Waals surface area contributed by atoms with E-state index in [9.17, 15) is 9.59 Å². The van der Waals surface area contributed by atoms with E-state index in [0.29, 0.717) is 16.7 Å². The van der Waals surface area contributed by atoms with Gasteiger partial charge in [-0.3, -0.25) is 9.59 Å². The van der Waals surface area contributed by atoms with Gasteiger partial charge in [-0.2, -0.15) is 0 Å². The van der Waals surface area contributed by atoms with E-state index >= 15 is 0 Å². The Labute approximate surface area is 168 Å². The van der Waals surface area contributed by atoms with Crippen molar-refractivity contribution in [1.82, 2.24) is 5.32 Å². The summed E-state index contributed by atoms with van der Waals surface area (Å²) in [6, 6.07) is 15.4. The lowest BCUT2D eigenvalue weighted by Crippen LogP contribution is -2.23. The number of thioether (sulfide) groups is 2. The second-order valence-corrected chi connectivity index (χ2v) is 9.45. The van der Waals surface area contributed by atoms with Crippen molar-refractivity contribution in [2.24, 2.45) is 5.92 Å². The van der Waals surface area contributed by atoms with Crippen LogP contribution in [-0.2, 0) is 11.3 Å². The molecular formula is C21H24N2O2S2. The molecule has 0 bridgehead atoms. The minimum atomic E-state index is -0.0927. The van der Waals surface area contributed by atoms with Crippen molar-refractivity contribution in [3.8, 4) is 0 Å². The van der Waals surface area contributed by atoms with Crippen LogP contribution in [0, 0.1) is 5.92 Å². The van der Waals surface area contributed by atoms with Crippen molar-refractivity contribution in [2.75, 3.05) is 16.8 Å². The standard InChI is InChI=1S/C21H24N2O2S2/c1-14(2)19(24)23-18-5-3-4-15(12-18)13-22-20(25)16-6-8-17(9-7-16)21-26-10-11-27-21/h3-9,12,14,21H,10-11,13H2,1-2H3,(H,22,25)(H,23,24). The van der Waals surface area contributed by atoms with Gasteiger partial charge in [-0.1, -0.05) is 38.1 Å². The normalized spacial score (nSPS) is 14.3. The average Bonchev–Trinajstić information content (AvgIpc) is 3.21. The molecule has 1 aliphatic heterocycles. The van der Waals surface area contributed by atoms with Crippen LogP contribution in [0.3, 0.4) is 0 Å². The van der Waals surface area contributed by atoms with Crippen LogP contribution in [0.1, 0.15) is 39.9 Å². The third-order valence-corrected chi connectivity index (χ3v) is 7.34. The Bertz CT molecular complexity index is 800. The van der Waals surface area contributed by atoms with Gasteiger partial charge in [0.2, 0.25) is 5.91 Å². The molecule has 142 valence electrons. The molecule has 0 radical (unpaired) electrons. The molecule has 0 atom stereocenters. The van der Waals surface area contributed by atoms with E-state index in [1.54, 1.807) is 0 Å². The number of hydrogen-bond acceptors (Lipinski definition) is 4. The summed E-state index contributed by atoms with van der Waals surface area (Å²) in [5.41, 5.74) is 3.63. The third-order valence-electron chi connectivity index (χ3n) is 4.24. The van der Waals surface area contributed by atoms with Gasteiger partial charge in [0.1, 0.15) is 0 Å². The average molecular weight is 401 g/mol. The molecule has 2 aromatic carbocycles. The van der Waals surface area contributed by atoms with Crippen molar-refractivity contribution in [3.05, 3.63) is 65.2 Å². The molecule has 0 saturated carbocycles. The molecule has 2 amide bonds. The fourth-order valence-electron chi connectivity index (χ4n) is 2.67. The van der Waals surface area contributed by atoms with Gasteiger partial charge in [-0.15, -0.1) is 23.5 Å². The zero-order chi connectivity index (χ0) is 19.2. The van der Waals surface area contributed by atoms with Gasteiger partial charge >= 0.3 is 0 Å². The maximum absolute atomic E-state index is 12.4. The number of anilines is 1. The minimum Gasteiger partial charge on any atom is -0.348 e. The summed E-state index contributed by atoms with van der Waals surface area (Å²) < 4.78 is 0.492. The molecule has 3 rings (SSSR count). The van der Waals surface area contributed by atoms with Crippen molar-refractivity contribution >= 4 is 41.0 Å². The van der Waals surface area contributed by atoms with Crippen LogP contribution >= 0.6 is 23.5 Å². The first-order chi connectivity index (χ1) is 13.0. The molecule has 1 aliphatic rings. The zero-order valence-electron chi connectivity index (χ0n) is 15.5. The first kappa shape index (κ1) is 19.8.